The summed E-state index contributed by atoms with van der Waals surface area (Å²) in [5, 5.41) is 11.1. The van der Waals surface area contributed by atoms with Crippen LogP contribution in [0.4, 0.5) is 0 Å². The number of carbonyl (C=O) groups excluding carboxylic acids is 1. The van der Waals surface area contributed by atoms with Crippen LogP contribution in [0.5, 0.6) is 0 Å². The smallest absolute Gasteiger partial charge is 0.228 e. The Balaban J connectivity index is 1.85. The van der Waals surface area contributed by atoms with Crippen molar-refractivity contribution in [2.45, 2.75) is 25.3 Å². The number of benzene rings is 2. The molecule has 0 bridgehead atoms. The minimum absolute atomic E-state index is 0.0606. The van der Waals surface area contributed by atoms with Crippen LogP contribution < -0.4 is 0 Å². The van der Waals surface area contributed by atoms with Crippen LogP contribution in [0.2, 0.25) is 0 Å². The van der Waals surface area contributed by atoms with E-state index in [1.807, 2.05) is 30.3 Å². The maximum Gasteiger partial charge on any atom is 0.228 e. The second-order valence-electron chi connectivity index (χ2n) is 5.23. The maximum atomic E-state index is 12.4. The number of fused-ring (bicyclic) bond motifs is 1. The van der Waals surface area contributed by atoms with Gasteiger partial charge in [-0.15, -0.1) is 0 Å². The number of amides is 1. The van der Waals surface area contributed by atoms with Crippen molar-refractivity contribution in [3.05, 3.63) is 48.0 Å². The first-order valence-corrected chi connectivity index (χ1v) is 6.92. The molecule has 0 heterocycles. The Kier molecular flexibility index (Phi) is 3.39. The lowest BCUT2D eigenvalue weighted by Crippen LogP contribution is -2.34. The molecule has 20 heavy (non-hydrogen) atoms. The van der Waals surface area contributed by atoms with Crippen LogP contribution in [0.1, 0.15) is 18.4 Å². The van der Waals surface area contributed by atoms with Gasteiger partial charge in [-0.1, -0.05) is 42.5 Å². The number of carbonyl (C=O) groups is 1. The lowest BCUT2D eigenvalue weighted by molar-refractivity contribution is -0.130. The van der Waals surface area contributed by atoms with E-state index < -0.39 is 0 Å². The Bertz CT molecular complexity index is 677. The highest BCUT2D eigenvalue weighted by Gasteiger charge is 2.32. The second kappa shape index (κ2) is 5.34. The average molecular weight is 264 g/mol. The lowest BCUT2D eigenvalue weighted by atomic mass is 10.0. The number of nitrogens with zero attached hydrogens (tertiary/aromatic N) is 2. The fourth-order valence-electron chi connectivity index (χ4n) is 2.59. The molecule has 2 aromatic carbocycles. The largest absolute Gasteiger partial charge is 0.326 e. The molecule has 1 saturated carbocycles. The Hall–Kier alpha value is -2.34. The molecule has 0 N–H and O–H groups in total. The summed E-state index contributed by atoms with van der Waals surface area (Å²) < 4.78 is 0. The van der Waals surface area contributed by atoms with Crippen molar-refractivity contribution in [3.8, 4) is 6.07 Å². The van der Waals surface area contributed by atoms with Crippen molar-refractivity contribution < 1.29 is 4.79 Å². The molecule has 0 aromatic heterocycles. The summed E-state index contributed by atoms with van der Waals surface area (Å²) in [6.45, 7) is 0.203. The van der Waals surface area contributed by atoms with Crippen molar-refractivity contribution in [2.75, 3.05) is 6.54 Å². The van der Waals surface area contributed by atoms with Crippen molar-refractivity contribution in [3.63, 3.8) is 0 Å². The van der Waals surface area contributed by atoms with Crippen LogP contribution in [-0.4, -0.2) is 23.4 Å². The first-order valence-electron chi connectivity index (χ1n) is 6.92. The zero-order valence-electron chi connectivity index (χ0n) is 11.2. The van der Waals surface area contributed by atoms with E-state index in [0.717, 1.165) is 29.2 Å². The van der Waals surface area contributed by atoms with E-state index in [1.54, 1.807) is 4.90 Å². The van der Waals surface area contributed by atoms with Gasteiger partial charge in [-0.25, -0.2) is 0 Å². The van der Waals surface area contributed by atoms with Gasteiger partial charge in [0.15, 0.2) is 0 Å². The third-order valence-corrected chi connectivity index (χ3v) is 3.77. The molecule has 0 radical (unpaired) electrons. The molecule has 0 saturated heterocycles. The zero-order valence-corrected chi connectivity index (χ0v) is 11.2. The summed E-state index contributed by atoms with van der Waals surface area (Å²) in [6.07, 6.45) is 2.44. The number of nitriles is 1. The normalized spacial score (nSPS) is 13.9. The monoisotopic (exact) mass is 264 g/mol. The average Bonchev–Trinajstić information content (AvgIpc) is 3.29. The summed E-state index contributed by atoms with van der Waals surface area (Å²) in [4.78, 5) is 14.1. The molecule has 0 spiro atoms. The summed E-state index contributed by atoms with van der Waals surface area (Å²) in [5.74, 6) is 0.0606. The summed E-state index contributed by atoms with van der Waals surface area (Å²) in [6, 6.07) is 16.5. The Morgan fingerprint density at radius 1 is 1.20 bits per heavy atom. The van der Waals surface area contributed by atoms with Gasteiger partial charge >= 0.3 is 0 Å². The van der Waals surface area contributed by atoms with E-state index in [0.29, 0.717) is 6.42 Å². The molecular weight excluding hydrogens is 248 g/mol. The molecule has 0 aliphatic heterocycles. The predicted molar refractivity (Wildman–Crippen MR) is 78.0 cm³/mol. The van der Waals surface area contributed by atoms with Crippen molar-refractivity contribution in [1.29, 1.82) is 5.26 Å². The Labute approximate surface area is 118 Å². The van der Waals surface area contributed by atoms with Gasteiger partial charge in [0.25, 0.3) is 0 Å². The topological polar surface area (TPSA) is 44.1 Å². The molecule has 3 nitrogen and oxygen atoms in total. The molecule has 100 valence electrons. The summed E-state index contributed by atoms with van der Waals surface area (Å²) in [5.41, 5.74) is 1.04. The minimum Gasteiger partial charge on any atom is -0.326 e. The van der Waals surface area contributed by atoms with Gasteiger partial charge in [0, 0.05) is 6.04 Å². The zero-order chi connectivity index (χ0) is 13.9. The number of hydrogen-bond acceptors (Lipinski definition) is 2. The van der Waals surface area contributed by atoms with Gasteiger partial charge < -0.3 is 4.90 Å². The van der Waals surface area contributed by atoms with Crippen LogP contribution in [0, 0.1) is 11.3 Å². The van der Waals surface area contributed by atoms with Gasteiger partial charge in [0.1, 0.15) is 6.54 Å². The summed E-state index contributed by atoms with van der Waals surface area (Å²) in [7, 11) is 0. The first kappa shape index (κ1) is 12.7. The van der Waals surface area contributed by atoms with Crippen LogP contribution in [0.15, 0.2) is 42.5 Å². The van der Waals surface area contributed by atoms with Crippen molar-refractivity contribution in [1.82, 2.24) is 4.90 Å². The fourth-order valence-corrected chi connectivity index (χ4v) is 2.59. The van der Waals surface area contributed by atoms with Gasteiger partial charge in [0.05, 0.1) is 12.5 Å². The highest BCUT2D eigenvalue weighted by Crippen LogP contribution is 2.28. The molecule has 0 unspecified atom stereocenters. The highest BCUT2D eigenvalue weighted by molar-refractivity contribution is 5.90. The van der Waals surface area contributed by atoms with Crippen LogP contribution in [0.25, 0.3) is 10.8 Å². The highest BCUT2D eigenvalue weighted by atomic mass is 16.2. The summed E-state index contributed by atoms with van der Waals surface area (Å²) >= 11 is 0. The molecule has 1 aliphatic carbocycles. The molecule has 0 atom stereocenters. The number of hydrogen-bond donors (Lipinski definition) is 0. The van der Waals surface area contributed by atoms with Crippen LogP contribution in [0.3, 0.4) is 0 Å². The first-order chi connectivity index (χ1) is 9.79. The van der Waals surface area contributed by atoms with Crippen molar-refractivity contribution in [2.24, 2.45) is 0 Å². The lowest BCUT2D eigenvalue weighted by Gasteiger charge is -2.19. The second-order valence-corrected chi connectivity index (χ2v) is 5.23. The van der Waals surface area contributed by atoms with Crippen molar-refractivity contribution >= 4 is 16.7 Å². The molecular formula is C17H16N2O. The molecule has 3 rings (SSSR count). The standard InChI is InChI=1S/C17H16N2O/c18-10-11-19(15-8-9-15)17(20)12-14-6-3-5-13-4-1-2-7-16(13)14/h1-7,15H,8-9,11-12H2. The predicted octanol–water partition coefficient (Wildman–Crippen LogP) is 2.90. The maximum absolute atomic E-state index is 12.4. The number of rotatable bonds is 4. The van der Waals surface area contributed by atoms with Gasteiger partial charge in [-0.2, -0.15) is 5.26 Å². The SMILES string of the molecule is N#CCN(C(=O)Cc1cccc2ccccc12)C1CC1. The third-order valence-electron chi connectivity index (χ3n) is 3.77. The molecule has 1 fully saturated rings. The van der Waals surface area contributed by atoms with E-state index in [4.69, 9.17) is 5.26 Å². The van der Waals surface area contributed by atoms with Crippen LogP contribution >= 0.6 is 0 Å². The minimum atomic E-state index is 0.0606. The van der Waals surface area contributed by atoms with E-state index in [9.17, 15) is 4.79 Å². The Morgan fingerprint density at radius 2 is 1.95 bits per heavy atom. The van der Waals surface area contributed by atoms with Gasteiger partial charge in [-0.05, 0) is 29.2 Å². The van der Waals surface area contributed by atoms with Crippen LogP contribution in [-0.2, 0) is 11.2 Å². The Morgan fingerprint density at radius 3 is 2.70 bits per heavy atom. The third kappa shape index (κ3) is 2.50. The fraction of sp³-hybridized carbons (Fsp3) is 0.294. The van der Waals surface area contributed by atoms with E-state index >= 15 is 0 Å². The molecule has 2 aromatic rings. The van der Waals surface area contributed by atoms with Gasteiger partial charge in [0.2, 0.25) is 5.91 Å². The van der Waals surface area contributed by atoms with E-state index in [1.165, 1.54) is 0 Å². The van der Waals surface area contributed by atoms with Gasteiger partial charge in [-0.3, -0.25) is 4.79 Å². The van der Waals surface area contributed by atoms with E-state index in [2.05, 4.69) is 18.2 Å². The molecule has 3 heteroatoms. The molecule has 1 aliphatic rings. The molecule has 1 amide bonds. The van der Waals surface area contributed by atoms with E-state index in [-0.39, 0.29) is 18.5 Å². The quantitative estimate of drug-likeness (QED) is 0.797.